The fourth-order valence-corrected chi connectivity index (χ4v) is 2.27. The molecule has 0 heterocycles. The summed E-state index contributed by atoms with van der Waals surface area (Å²) in [5, 5.41) is 0. The van der Waals surface area contributed by atoms with Gasteiger partial charge in [-0.2, -0.15) is 26.3 Å². The molecule has 0 radical (unpaired) electrons. The summed E-state index contributed by atoms with van der Waals surface area (Å²) < 4.78 is 74.8. The molecule has 1 fully saturated rings. The second-order valence-electron chi connectivity index (χ2n) is 4.11. The van der Waals surface area contributed by atoms with Crippen LogP contribution in [0.15, 0.2) is 0 Å². The molecule has 0 aromatic carbocycles. The minimum absolute atomic E-state index is 0.139. The Hall–Kier alpha value is -0.420. The van der Waals surface area contributed by atoms with Crippen molar-refractivity contribution in [1.29, 1.82) is 0 Å². The molecule has 0 spiro atoms. The van der Waals surface area contributed by atoms with Gasteiger partial charge in [-0.05, 0) is 12.3 Å². The average molecular weight is 234 g/mol. The Morgan fingerprint density at radius 2 is 1.67 bits per heavy atom. The van der Waals surface area contributed by atoms with Crippen LogP contribution in [0.5, 0.6) is 0 Å². The van der Waals surface area contributed by atoms with Gasteiger partial charge in [0.25, 0.3) is 0 Å². The molecule has 15 heavy (non-hydrogen) atoms. The molecule has 1 aliphatic rings. The summed E-state index contributed by atoms with van der Waals surface area (Å²) in [6, 6.07) is 0. The predicted octanol–water partition coefficient (Wildman–Crippen LogP) is 4.16. The third kappa shape index (κ3) is 1.83. The molecule has 0 aromatic heterocycles. The van der Waals surface area contributed by atoms with Crippen LogP contribution in [0.25, 0.3) is 0 Å². The van der Waals surface area contributed by atoms with Crippen molar-refractivity contribution >= 4 is 0 Å². The number of hydrogen-bond acceptors (Lipinski definition) is 0. The zero-order chi connectivity index (χ0) is 12.1. The molecular formula is C9H12F6. The Bertz CT molecular complexity index is 240. The highest BCUT2D eigenvalue weighted by atomic mass is 19.4. The van der Waals surface area contributed by atoms with Crippen LogP contribution in [-0.4, -0.2) is 12.4 Å². The van der Waals surface area contributed by atoms with Crippen molar-refractivity contribution in [2.45, 2.75) is 39.0 Å². The first kappa shape index (κ1) is 12.6. The third-order valence-electron chi connectivity index (χ3n) is 3.44. The lowest BCUT2D eigenvalue weighted by Gasteiger charge is -2.29. The van der Waals surface area contributed by atoms with Gasteiger partial charge in [-0.15, -0.1) is 0 Å². The summed E-state index contributed by atoms with van der Waals surface area (Å²) in [5.41, 5.74) is -2.53. The monoisotopic (exact) mass is 234 g/mol. The second-order valence-corrected chi connectivity index (χ2v) is 4.11. The van der Waals surface area contributed by atoms with Crippen molar-refractivity contribution in [1.82, 2.24) is 0 Å². The van der Waals surface area contributed by atoms with Crippen LogP contribution in [0, 0.1) is 17.3 Å². The zero-order valence-electron chi connectivity index (χ0n) is 8.34. The molecule has 6 heteroatoms. The van der Waals surface area contributed by atoms with E-state index in [1.165, 1.54) is 6.92 Å². The van der Waals surface area contributed by atoms with Gasteiger partial charge in [0, 0.05) is 0 Å². The van der Waals surface area contributed by atoms with E-state index in [0.717, 1.165) is 0 Å². The van der Waals surface area contributed by atoms with Gasteiger partial charge < -0.3 is 0 Å². The molecule has 0 saturated heterocycles. The summed E-state index contributed by atoms with van der Waals surface area (Å²) in [6.07, 6.45) is -9.80. The van der Waals surface area contributed by atoms with Crippen LogP contribution in [0.4, 0.5) is 26.3 Å². The van der Waals surface area contributed by atoms with E-state index in [1.807, 2.05) is 0 Å². The molecule has 90 valence electrons. The van der Waals surface area contributed by atoms with E-state index >= 15 is 0 Å². The molecule has 0 bridgehead atoms. The van der Waals surface area contributed by atoms with Crippen LogP contribution in [0.3, 0.4) is 0 Å². The van der Waals surface area contributed by atoms with Crippen LogP contribution < -0.4 is 0 Å². The highest BCUT2D eigenvalue weighted by Gasteiger charge is 2.76. The highest BCUT2D eigenvalue weighted by Crippen LogP contribution is 2.70. The maximum Gasteiger partial charge on any atom is 0.395 e. The largest absolute Gasteiger partial charge is 0.395 e. The van der Waals surface area contributed by atoms with Gasteiger partial charge in [-0.1, -0.05) is 20.3 Å². The van der Waals surface area contributed by atoms with Crippen LogP contribution in [-0.2, 0) is 0 Å². The normalized spacial score (nSPS) is 34.0. The Balaban J connectivity index is 2.97. The molecular weight excluding hydrogens is 222 g/mol. The number of rotatable bonds is 2. The van der Waals surface area contributed by atoms with Gasteiger partial charge in [-0.25, -0.2) is 0 Å². The van der Waals surface area contributed by atoms with Crippen molar-refractivity contribution in [2.24, 2.45) is 17.3 Å². The van der Waals surface area contributed by atoms with Gasteiger partial charge >= 0.3 is 12.4 Å². The lowest BCUT2D eigenvalue weighted by molar-refractivity contribution is -0.265. The van der Waals surface area contributed by atoms with Crippen molar-refractivity contribution in [3.8, 4) is 0 Å². The molecule has 0 aliphatic heterocycles. The van der Waals surface area contributed by atoms with E-state index in [4.69, 9.17) is 0 Å². The molecule has 1 rings (SSSR count). The predicted molar refractivity (Wildman–Crippen MR) is 42.1 cm³/mol. The van der Waals surface area contributed by atoms with Crippen molar-refractivity contribution in [2.75, 3.05) is 0 Å². The summed E-state index contributed by atoms with van der Waals surface area (Å²) >= 11 is 0. The van der Waals surface area contributed by atoms with Gasteiger partial charge in [0.15, 0.2) is 0 Å². The second kappa shape index (κ2) is 3.28. The standard InChI is InChI=1S/C9H12F6/c1-3-6-4-7(6,9(13,14)15)5(2)8(10,11)12/h5-6H,3-4H2,1-2H3. The Kier molecular flexibility index (Phi) is 2.77. The number of alkyl halides is 6. The van der Waals surface area contributed by atoms with Crippen molar-refractivity contribution < 1.29 is 26.3 Å². The topological polar surface area (TPSA) is 0 Å². The van der Waals surface area contributed by atoms with Crippen molar-refractivity contribution in [3.05, 3.63) is 0 Å². The Morgan fingerprint density at radius 1 is 1.20 bits per heavy atom. The lowest BCUT2D eigenvalue weighted by Crippen LogP contribution is -2.40. The summed E-state index contributed by atoms with van der Waals surface area (Å²) in [5.74, 6) is -3.19. The SMILES string of the molecule is CCC1CC1(C(C)C(F)(F)F)C(F)(F)F. The summed E-state index contributed by atoms with van der Waals surface area (Å²) in [4.78, 5) is 0. The smallest absolute Gasteiger partial charge is 0.171 e. The summed E-state index contributed by atoms with van der Waals surface area (Å²) in [6.45, 7) is 2.12. The minimum atomic E-state index is -4.78. The van der Waals surface area contributed by atoms with E-state index < -0.39 is 36.0 Å². The zero-order valence-corrected chi connectivity index (χ0v) is 8.34. The van der Waals surface area contributed by atoms with Gasteiger partial charge in [0.1, 0.15) is 0 Å². The molecule has 0 amide bonds. The fourth-order valence-electron chi connectivity index (χ4n) is 2.27. The fraction of sp³-hybridized carbons (Fsp3) is 1.00. The maximum atomic E-state index is 12.6. The highest BCUT2D eigenvalue weighted by molar-refractivity contribution is 5.10. The average Bonchev–Trinajstić information content (AvgIpc) is 2.74. The molecule has 0 nitrogen and oxygen atoms in total. The Morgan fingerprint density at radius 3 is 1.87 bits per heavy atom. The molecule has 1 saturated carbocycles. The number of halogens is 6. The molecule has 1 aliphatic carbocycles. The van der Waals surface area contributed by atoms with E-state index in [2.05, 4.69) is 0 Å². The van der Waals surface area contributed by atoms with E-state index in [0.29, 0.717) is 6.92 Å². The first-order valence-electron chi connectivity index (χ1n) is 4.70. The Labute approximate surface area is 83.6 Å². The van der Waals surface area contributed by atoms with Crippen LogP contribution in [0.2, 0.25) is 0 Å². The first-order chi connectivity index (χ1) is 6.57. The molecule has 3 atom stereocenters. The maximum absolute atomic E-state index is 12.6. The lowest BCUT2D eigenvalue weighted by atomic mass is 9.86. The third-order valence-corrected chi connectivity index (χ3v) is 3.44. The van der Waals surface area contributed by atoms with Gasteiger partial charge in [0.05, 0.1) is 11.3 Å². The summed E-state index contributed by atoms with van der Waals surface area (Å²) in [7, 11) is 0. The van der Waals surface area contributed by atoms with E-state index in [9.17, 15) is 26.3 Å². The molecule has 0 aromatic rings. The van der Waals surface area contributed by atoms with E-state index in [1.54, 1.807) is 0 Å². The van der Waals surface area contributed by atoms with Gasteiger partial charge in [0.2, 0.25) is 0 Å². The first-order valence-corrected chi connectivity index (χ1v) is 4.70. The van der Waals surface area contributed by atoms with Gasteiger partial charge in [-0.3, -0.25) is 0 Å². The number of hydrogen-bond donors (Lipinski definition) is 0. The van der Waals surface area contributed by atoms with E-state index in [-0.39, 0.29) is 6.42 Å². The van der Waals surface area contributed by atoms with Crippen LogP contribution in [0.1, 0.15) is 26.7 Å². The van der Waals surface area contributed by atoms with Crippen molar-refractivity contribution in [3.63, 3.8) is 0 Å². The van der Waals surface area contributed by atoms with Crippen LogP contribution >= 0.6 is 0 Å². The molecule has 0 N–H and O–H groups in total. The molecule has 3 unspecified atom stereocenters. The quantitative estimate of drug-likeness (QED) is 0.629. The minimum Gasteiger partial charge on any atom is -0.171 e.